The monoisotopic (exact) mass is 389 g/mol. The Bertz CT molecular complexity index is 770. The summed E-state index contributed by atoms with van der Waals surface area (Å²) in [5.41, 5.74) is 0.801. The molecule has 1 atom stereocenters. The maximum atomic E-state index is 12.3. The predicted octanol–water partition coefficient (Wildman–Crippen LogP) is 3.25. The van der Waals surface area contributed by atoms with E-state index in [2.05, 4.69) is 20.7 Å². The Morgan fingerprint density at radius 2 is 2.05 bits per heavy atom. The first-order valence-electron chi connectivity index (χ1n) is 5.90. The summed E-state index contributed by atoms with van der Waals surface area (Å²) in [4.78, 5) is 10.8. The number of hydrogen-bond acceptors (Lipinski definition) is 4. The molecular weight excluding hydrogens is 378 g/mol. The molecule has 0 bridgehead atoms. The highest BCUT2D eigenvalue weighted by molar-refractivity contribution is 9.10. The predicted molar refractivity (Wildman–Crippen MR) is 84.2 cm³/mol. The molecule has 2 rings (SSSR count). The number of aromatic carboxylic acids is 1. The Morgan fingerprint density at radius 3 is 2.62 bits per heavy atom. The largest absolute Gasteiger partial charge is 0.477 e. The molecule has 0 aliphatic carbocycles. The third-order valence-corrected chi connectivity index (χ3v) is 6.11. The van der Waals surface area contributed by atoms with E-state index < -0.39 is 22.0 Å². The lowest BCUT2D eigenvalue weighted by atomic mass is 10.1. The maximum absolute atomic E-state index is 12.3. The molecule has 0 radical (unpaired) electrons. The summed E-state index contributed by atoms with van der Waals surface area (Å²) in [6, 6.07) is 8.01. The molecule has 2 N–H and O–H groups in total. The van der Waals surface area contributed by atoms with Gasteiger partial charge in [0.1, 0.15) is 4.88 Å². The van der Waals surface area contributed by atoms with Crippen LogP contribution in [0.3, 0.4) is 0 Å². The highest BCUT2D eigenvalue weighted by atomic mass is 79.9. The van der Waals surface area contributed by atoms with Gasteiger partial charge in [0, 0.05) is 15.9 Å². The lowest BCUT2D eigenvalue weighted by Gasteiger charge is -2.15. The molecule has 21 heavy (non-hydrogen) atoms. The fourth-order valence-corrected chi connectivity index (χ4v) is 4.72. The fraction of sp³-hybridized carbons (Fsp3) is 0.154. The fourth-order valence-electron chi connectivity index (χ4n) is 1.76. The summed E-state index contributed by atoms with van der Waals surface area (Å²) in [6.45, 7) is 1.72. The molecule has 1 aromatic carbocycles. The Kier molecular flexibility index (Phi) is 4.82. The van der Waals surface area contributed by atoms with Crippen molar-refractivity contribution >= 4 is 43.3 Å². The quantitative estimate of drug-likeness (QED) is 0.821. The van der Waals surface area contributed by atoms with E-state index in [0.29, 0.717) is 0 Å². The Labute approximate surface area is 134 Å². The van der Waals surface area contributed by atoms with Crippen LogP contribution in [0.1, 0.15) is 28.2 Å². The van der Waals surface area contributed by atoms with Crippen molar-refractivity contribution in [3.05, 3.63) is 50.6 Å². The van der Waals surface area contributed by atoms with Crippen molar-refractivity contribution in [3.63, 3.8) is 0 Å². The first-order valence-corrected chi connectivity index (χ1v) is 9.05. The van der Waals surface area contributed by atoms with Crippen LogP contribution >= 0.6 is 27.3 Å². The van der Waals surface area contributed by atoms with Gasteiger partial charge in [0.15, 0.2) is 0 Å². The third-order valence-electron chi connectivity index (χ3n) is 2.80. The van der Waals surface area contributed by atoms with Crippen LogP contribution in [-0.4, -0.2) is 19.5 Å². The minimum Gasteiger partial charge on any atom is -0.477 e. The van der Waals surface area contributed by atoms with Crippen LogP contribution in [0.25, 0.3) is 0 Å². The standard InChI is InChI=1S/C13H12BrNO4S2/c1-8(10-4-2-3-5-11(10)14)15-21(18,19)9-6-12(13(16)17)20-7-9/h2-8,15H,1H3,(H,16,17)/t8-/m0/s1. The number of rotatable bonds is 5. The van der Waals surface area contributed by atoms with Gasteiger partial charge in [-0.25, -0.2) is 17.9 Å². The van der Waals surface area contributed by atoms with Gasteiger partial charge in [0.05, 0.1) is 4.90 Å². The molecule has 0 aliphatic heterocycles. The molecule has 0 aliphatic rings. The van der Waals surface area contributed by atoms with E-state index in [4.69, 9.17) is 5.11 Å². The summed E-state index contributed by atoms with van der Waals surface area (Å²) in [5.74, 6) is -1.14. The van der Waals surface area contributed by atoms with Crippen molar-refractivity contribution in [2.75, 3.05) is 0 Å². The Balaban J connectivity index is 2.24. The van der Waals surface area contributed by atoms with Crippen molar-refractivity contribution in [1.29, 1.82) is 0 Å². The van der Waals surface area contributed by atoms with Crippen LogP contribution in [0, 0.1) is 0 Å². The Hall–Kier alpha value is -1.22. The third kappa shape index (κ3) is 3.70. The Morgan fingerprint density at radius 1 is 1.38 bits per heavy atom. The minimum absolute atomic E-state index is 0.0103. The first kappa shape index (κ1) is 16.2. The van der Waals surface area contributed by atoms with Crippen molar-refractivity contribution in [3.8, 4) is 0 Å². The van der Waals surface area contributed by atoms with E-state index in [-0.39, 0.29) is 9.77 Å². The molecule has 8 heteroatoms. The van der Waals surface area contributed by atoms with E-state index >= 15 is 0 Å². The molecule has 1 heterocycles. The van der Waals surface area contributed by atoms with E-state index in [1.165, 1.54) is 5.38 Å². The smallest absolute Gasteiger partial charge is 0.345 e. The SMILES string of the molecule is C[C@H](NS(=O)(=O)c1csc(C(=O)O)c1)c1ccccc1Br. The number of nitrogens with one attached hydrogen (secondary N) is 1. The molecule has 0 fully saturated rings. The second-order valence-corrected chi connectivity index (χ2v) is 7.80. The van der Waals surface area contributed by atoms with Crippen molar-refractivity contribution in [2.45, 2.75) is 17.9 Å². The number of benzene rings is 1. The molecule has 0 saturated heterocycles. The summed E-state index contributed by atoms with van der Waals surface area (Å²) < 4.78 is 27.8. The number of sulfonamides is 1. The first-order chi connectivity index (χ1) is 9.81. The van der Waals surface area contributed by atoms with Crippen LogP contribution in [0.5, 0.6) is 0 Å². The van der Waals surface area contributed by atoms with Gasteiger partial charge in [-0.3, -0.25) is 0 Å². The van der Waals surface area contributed by atoms with Crippen LogP contribution in [0.2, 0.25) is 0 Å². The maximum Gasteiger partial charge on any atom is 0.345 e. The van der Waals surface area contributed by atoms with Gasteiger partial charge in [-0.05, 0) is 24.6 Å². The van der Waals surface area contributed by atoms with Crippen LogP contribution < -0.4 is 4.72 Å². The van der Waals surface area contributed by atoms with Crippen LogP contribution in [0.15, 0.2) is 45.1 Å². The van der Waals surface area contributed by atoms with Gasteiger partial charge in [-0.2, -0.15) is 0 Å². The molecule has 0 unspecified atom stereocenters. The molecule has 2 aromatic rings. The summed E-state index contributed by atoms with van der Waals surface area (Å²) in [7, 11) is -3.76. The summed E-state index contributed by atoms with van der Waals surface area (Å²) >= 11 is 4.26. The zero-order valence-electron chi connectivity index (χ0n) is 10.9. The van der Waals surface area contributed by atoms with Gasteiger partial charge in [0.25, 0.3) is 0 Å². The molecule has 0 saturated carbocycles. The highest BCUT2D eigenvalue weighted by Gasteiger charge is 2.22. The normalized spacial score (nSPS) is 13.0. The molecule has 1 aromatic heterocycles. The molecule has 0 spiro atoms. The molecule has 112 valence electrons. The number of carboxylic acids is 1. The topological polar surface area (TPSA) is 83.5 Å². The van der Waals surface area contributed by atoms with Gasteiger partial charge in [-0.15, -0.1) is 11.3 Å². The van der Waals surface area contributed by atoms with Gasteiger partial charge >= 0.3 is 5.97 Å². The average molecular weight is 390 g/mol. The minimum atomic E-state index is -3.76. The summed E-state index contributed by atoms with van der Waals surface area (Å²) in [6.07, 6.45) is 0. The number of thiophene rings is 1. The highest BCUT2D eigenvalue weighted by Crippen LogP contribution is 2.25. The van der Waals surface area contributed by atoms with Gasteiger partial charge < -0.3 is 5.11 Å². The number of halogens is 1. The molecule has 0 amide bonds. The van der Waals surface area contributed by atoms with Gasteiger partial charge in [0.2, 0.25) is 10.0 Å². The van der Waals surface area contributed by atoms with E-state index in [9.17, 15) is 13.2 Å². The second kappa shape index (κ2) is 6.27. The lowest BCUT2D eigenvalue weighted by molar-refractivity contribution is 0.0702. The van der Waals surface area contributed by atoms with Crippen LogP contribution in [0.4, 0.5) is 0 Å². The average Bonchev–Trinajstić information content (AvgIpc) is 2.89. The zero-order chi connectivity index (χ0) is 15.6. The number of hydrogen-bond donors (Lipinski definition) is 2. The van der Waals surface area contributed by atoms with Crippen molar-refractivity contribution in [1.82, 2.24) is 4.72 Å². The van der Waals surface area contributed by atoms with E-state index in [1.54, 1.807) is 6.92 Å². The zero-order valence-corrected chi connectivity index (χ0v) is 14.1. The van der Waals surface area contributed by atoms with E-state index in [1.807, 2.05) is 24.3 Å². The van der Waals surface area contributed by atoms with Gasteiger partial charge in [-0.1, -0.05) is 34.1 Å². The lowest BCUT2D eigenvalue weighted by Crippen LogP contribution is -2.26. The van der Waals surface area contributed by atoms with E-state index in [0.717, 1.165) is 27.4 Å². The van der Waals surface area contributed by atoms with Crippen molar-refractivity contribution in [2.24, 2.45) is 0 Å². The number of carboxylic acid groups (broad SMARTS) is 1. The van der Waals surface area contributed by atoms with Crippen molar-refractivity contribution < 1.29 is 18.3 Å². The number of carbonyl (C=O) groups is 1. The molecule has 5 nitrogen and oxygen atoms in total. The molecular formula is C13H12BrNO4S2. The van der Waals surface area contributed by atoms with Crippen LogP contribution in [-0.2, 0) is 10.0 Å². The summed E-state index contributed by atoms with van der Waals surface area (Å²) in [5, 5.41) is 10.2. The second-order valence-electron chi connectivity index (χ2n) is 4.32.